The molecular formula is C15H29N3O3. The van der Waals surface area contributed by atoms with E-state index in [1.807, 2.05) is 0 Å². The molecule has 1 atom stereocenters. The van der Waals surface area contributed by atoms with Gasteiger partial charge < -0.3 is 15.7 Å². The lowest BCUT2D eigenvalue weighted by molar-refractivity contribution is -0.137. The molecule has 0 radical (unpaired) electrons. The number of hydrogen-bond acceptors (Lipinski definition) is 4. The molecule has 0 bridgehead atoms. The highest BCUT2D eigenvalue weighted by Crippen LogP contribution is 2.15. The van der Waals surface area contributed by atoms with E-state index in [4.69, 9.17) is 5.11 Å². The van der Waals surface area contributed by atoms with Gasteiger partial charge in [-0.2, -0.15) is 0 Å². The molecule has 21 heavy (non-hydrogen) atoms. The molecule has 1 unspecified atom stereocenters. The Morgan fingerprint density at radius 3 is 2.81 bits per heavy atom. The van der Waals surface area contributed by atoms with Crippen molar-refractivity contribution >= 4 is 11.9 Å². The molecule has 1 fully saturated rings. The van der Waals surface area contributed by atoms with Crippen LogP contribution < -0.4 is 10.6 Å². The summed E-state index contributed by atoms with van der Waals surface area (Å²) in [5, 5.41) is 14.8. The average Bonchev–Trinajstić information content (AvgIpc) is 2.41. The van der Waals surface area contributed by atoms with Crippen molar-refractivity contribution in [1.29, 1.82) is 0 Å². The Kier molecular flexibility index (Phi) is 8.30. The van der Waals surface area contributed by atoms with Gasteiger partial charge in [-0.3, -0.25) is 14.5 Å². The number of nitrogens with one attached hydrogen (secondary N) is 2. The molecule has 3 N–H and O–H groups in total. The van der Waals surface area contributed by atoms with Crippen LogP contribution in [0.3, 0.4) is 0 Å². The van der Waals surface area contributed by atoms with Gasteiger partial charge in [-0.25, -0.2) is 0 Å². The number of carbonyl (C=O) groups is 2. The molecular weight excluding hydrogens is 270 g/mol. The average molecular weight is 299 g/mol. The van der Waals surface area contributed by atoms with Crippen LogP contribution in [0.1, 0.15) is 39.5 Å². The molecule has 0 aromatic heterocycles. The highest BCUT2D eigenvalue weighted by molar-refractivity contribution is 5.78. The fourth-order valence-corrected chi connectivity index (χ4v) is 2.59. The molecule has 6 nitrogen and oxygen atoms in total. The highest BCUT2D eigenvalue weighted by atomic mass is 16.4. The van der Waals surface area contributed by atoms with Crippen LogP contribution in [0.25, 0.3) is 0 Å². The summed E-state index contributed by atoms with van der Waals surface area (Å²) < 4.78 is 0. The monoisotopic (exact) mass is 299 g/mol. The molecule has 122 valence electrons. The molecule has 1 heterocycles. The number of carbonyl (C=O) groups excluding carboxylic acids is 1. The zero-order chi connectivity index (χ0) is 15.7. The van der Waals surface area contributed by atoms with Crippen molar-refractivity contribution in [3.05, 3.63) is 0 Å². The van der Waals surface area contributed by atoms with Crippen LogP contribution >= 0.6 is 0 Å². The second-order valence-electron chi connectivity index (χ2n) is 6.15. The summed E-state index contributed by atoms with van der Waals surface area (Å²) in [6, 6.07) is 0.498. The maximum Gasteiger partial charge on any atom is 0.303 e. The molecule has 1 rings (SSSR count). The highest BCUT2D eigenvalue weighted by Gasteiger charge is 2.21. The topological polar surface area (TPSA) is 81.7 Å². The van der Waals surface area contributed by atoms with E-state index in [0.717, 1.165) is 26.1 Å². The Hall–Kier alpha value is -1.14. The van der Waals surface area contributed by atoms with Crippen molar-refractivity contribution in [1.82, 2.24) is 15.5 Å². The molecule has 0 aromatic rings. The fourth-order valence-electron chi connectivity index (χ4n) is 2.59. The number of likely N-dealkylation sites (tertiary alicyclic amines) is 1. The third-order valence-corrected chi connectivity index (χ3v) is 3.67. The molecule has 1 aliphatic heterocycles. The first kappa shape index (κ1) is 17.9. The third-order valence-electron chi connectivity index (χ3n) is 3.67. The van der Waals surface area contributed by atoms with E-state index in [9.17, 15) is 9.59 Å². The van der Waals surface area contributed by atoms with Crippen LogP contribution in [0.2, 0.25) is 0 Å². The fraction of sp³-hybridized carbons (Fsp3) is 0.867. The van der Waals surface area contributed by atoms with E-state index >= 15 is 0 Å². The zero-order valence-corrected chi connectivity index (χ0v) is 13.2. The summed E-state index contributed by atoms with van der Waals surface area (Å²) in [4.78, 5) is 24.4. The molecule has 1 aliphatic rings. The summed E-state index contributed by atoms with van der Waals surface area (Å²) in [7, 11) is 0. The van der Waals surface area contributed by atoms with Crippen LogP contribution in [-0.4, -0.2) is 60.6 Å². The van der Waals surface area contributed by atoms with Gasteiger partial charge in [0, 0.05) is 25.6 Å². The number of rotatable bonds is 9. The Morgan fingerprint density at radius 1 is 1.38 bits per heavy atom. The summed E-state index contributed by atoms with van der Waals surface area (Å²) in [5.74, 6) is -0.209. The maximum absolute atomic E-state index is 11.8. The third kappa shape index (κ3) is 8.67. The van der Waals surface area contributed by atoms with Crippen molar-refractivity contribution in [2.45, 2.75) is 45.6 Å². The number of carboxylic acids is 1. The van der Waals surface area contributed by atoms with Crippen LogP contribution in [0, 0.1) is 5.92 Å². The molecule has 1 amide bonds. The number of amides is 1. The van der Waals surface area contributed by atoms with E-state index in [0.29, 0.717) is 31.5 Å². The van der Waals surface area contributed by atoms with Crippen molar-refractivity contribution in [2.24, 2.45) is 5.92 Å². The predicted octanol–water partition coefficient (Wildman–Crippen LogP) is 0.677. The van der Waals surface area contributed by atoms with Gasteiger partial charge in [-0.15, -0.1) is 0 Å². The molecule has 1 saturated heterocycles. The van der Waals surface area contributed by atoms with Gasteiger partial charge in [0.15, 0.2) is 0 Å². The van der Waals surface area contributed by atoms with Gasteiger partial charge in [-0.1, -0.05) is 13.8 Å². The molecule has 0 saturated carbocycles. The lowest BCUT2D eigenvalue weighted by atomic mass is 9.97. The van der Waals surface area contributed by atoms with Gasteiger partial charge in [0.25, 0.3) is 0 Å². The number of aliphatic carboxylic acids is 1. The minimum atomic E-state index is -0.819. The molecule has 0 spiro atoms. The minimum Gasteiger partial charge on any atom is -0.481 e. The Morgan fingerprint density at radius 2 is 2.14 bits per heavy atom. The van der Waals surface area contributed by atoms with Gasteiger partial charge >= 0.3 is 5.97 Å². The first-order chi connectivity index (χ1) is 9.97. The van der Waals surface area contributed by atoms with Crippen LogP contribution in [0.4, 0.5) is 0 Å². The van der Waals surface area contributed by atoms with Gasteiger partial charge in [-0.05, 0) is 38.3 Å². The van der Waals surface area contributed by atoms with Crippen LogP contribution in [0.15, 0.2) is 0 Å². The van der Waals surface area contributed by atoms with Gasteiger partial charge in [0.05, 0.1) is 6.54 Å². The molecule has 6 heteroatoms. The lowest BCUT2D eigenvalue weighted by Gasteiger charge is -2.32. The first-order valence-electron chi connectivity index (χ1n) is 7.91. The summed E-state index contributed by atoms with van der Waals surface area (Å²) in [6.07, 6.45) is 2.95. The number of carboxylic acid groups (broad SMARTS) is 1. The predicted molar refractivity (Wildman–Crippen MR) is 82.2 cm³/mol. The minimum absolute atomic E-state index is 0.00198. The summed E-state index contributed by atoms with van der Waals surface area (Å²) in [6.45, 7) is 8.09. The van der Waals surface area contributed by atoms with Gasteiger partial charge in [0.2, 0.25) is 5.91 Å². The zero-order valence-electron chi connectivity index (χ0n) is 13.2. The Bertz CT molecular complexity index is 334. The quantitative estimate of drug-likeness (QED) is 0.545. The normalized spacial score (nSPS) is 19.7. The van der Waals surface area contributed by atoms with E-state index in [1.54, 1.807) is 0 Å². The summed E-state index contributed by atoms with van der Waals surface area (Å²) in [5.41, 5.74) is 0. The number of piperidine rings is 1. The van der Waals surface area contributed by atoms with Crippen LogP contribution in [-0.2, 0) is 9.59 Å². The number of hydrogen-bond donors (Lipinski definition) is 3. The van der Waals surface area contributed by atoms with Crippen molar-refractivity contribution in [3.63, 3.8) is 0 Å². The van der Waals surface area contributed by atoms with E-state index < -0.39 is 5.97 Å². The smallest absolute Gasteiger partial charge is 0.303 e. The largest absolute Gasteiger partial charge is 0.481 e. The second-order valence-corrected chi connectivity index (χ2v) is 6.15. The van der Waals surface area contributed by atoms with Crippen molar-refractivity contribution in [3.8, 4) is 0 Å². The first-order valence-corrected chi connectivity index (χ1v) is 7.91. The Labute approximate surface area is 127 Å². The maximum atomic E-state index is 11.8. The molecule has 0 aliphatic carbocycles. The van der Waals surface area contributed by atoms with Gasteiger partial charge in [0.1, 0.15) is 0 Å². The number of nitrogens with zero attached hydrogens (tertiary/aromatic N) is 1. The van der Waals surface area contributed by atoms with E-state index in [1.165, 1.54) is 6.42 Å². The van der Waals surface area contributed by atoms with E-state index in [-0.39, 0.29) is 12.3 Å². The second kappa shape index (κ2) is 9.73. The Balaban J connectivity index is 2.17. The summed E-state index contributed by atoms with van der Waals surface area (Å²) >= 11 is 0. The lowest BCUT2D eigenvalue weighted by Crippen LogP contribution is -2.45. The van der Waals surface area contributed by atoms with Crippen molar-refractivity contribution in [2.75, 3.05) is 32.7 Å². The van der Waals surface area contributed by atoms with E-state index in [2.05, 4.69) is 29.4 Å². The van der Waals surface area contributed by atoms with Crippen LogP contribution in [0.5, 0.6) is 0 Å². The molecule has 0 aromatic carbocycles. The SMILES string of the molecule is CC(C)NCC1CCCN(CC(=O)NCCCC(=O)O)C1. The van der Waals surface area contributed by atoms with Crippen molar-refractivity contribution < 1.29 is 14.7 Å². The standard InChI is InChI=1S/C15H29N3O3/c1-12(2)17-9-13-5-4-8-18(10-13)11-14(19)16-7-3-6-15(20)21/h12-13,17H,3-11H2,1-2H3,(H,16,19)(H,20,21).